The van der Waals surface area contributed by atoms with E-state index in [1.807, 2.05) is 56.3 Å². The Morgan fingerprint density at radius 2 is 2.00 bits per heavy atom. The highest BCUT2D eigenvalue weighted by Gasteiger charge is 2.05. The average molecular weight is 276 g/mol. The second kappa shape index (κ2) is 6.09. The predicted octanol–water partition coefficient (Wildman–Crippen LogP) is 4.33. The summed E-state index contributed by atoms with van der Waals surface area (Å²) in [5.74, 6) is 1.46. The minimum Gasteiger partial charge on any atom is -0.456 e. The van der Waals surface area contributed by atoms with Crippen molar-refractivity contribution in [2.75, 3.05) is 0 Å². The maximum absolute atomic E-state index is 6.13. The molecule has 0 bridgehead atoms. The van der Waals surface area contributed by atoms with Crippen LogP contribution in [0.15, 0.2) is 42.5 Å². The molecule has 3 heteroatoms. The number of hydrogen-bond donors (Lipinski definition) is 1. The van der Waals surface area contributed by atoms with Crippen molar-refractivity contribution in [2.45, 2.75) is 26.3 Å². The topological polar surface area (TPSA) is 35.2 Å². The Balaban J connectivity index is 2.21. The third-order valence-corrected chi connectivity index (χ3v) is 3.08. The Morgan fingerprint density at radius 3 is 2.74 bits per heavy atom. The number of halogens is 1. The Kier molecular flexibility index (Phi) is 4.46. The summed E-state index contributed by atoms with van der Waals surface area (Å²) in [6.45, 7) is 4.00. The van der Waals surface area contributed by atoms with Crippen LogP contribution in [0.4, 0.5) is 0 Å². The molecule has 2 aromatic rings. The maximum atomic E-state index is 6.13. The number of rotatable bonds is 4. The van der Waals surface area contributed by atoms with Crippen molar-refractivity contribution in [3.05, 3.63) is 58.6 Å². The van der Waals surface area contributed by atoms with Crippen LogP contribution < -0.4 is 10.5 Å². The SMILES string of the molecule is Cc1ccc(Cl)c(Oc2cccc(CC(C)N)c2)c1. The van der Waals surface area contributed by atoms with E-state index in [-0.39, 0.29) is 6.04 Å². The van der Waals surface area contributed by atoms with Gasteiger partial charge >= 0.3 is 0 Å². The Hall–Kier alpha value is -1.51. The van der Waals surface area contributed by atoms with Gasteiger partial charge in [0, 0.05) is 6.04 Å². The van der Waals surface area contributed by atoms with Crippen LogP contribution in [-0.4, -0.2) is 6.04 Å². The Bertz CT molecular complexity index is 566. The van der Waals surface area contributed by atoms with Crippen LogP contribution in [0.25, 0.3) is 0 Å². The van der Waals surface area contributed by atoms with E-state index in [9.17, 15) is 0 Å². The molecule has 0 fully saturated rings. The summed E-state index contributed by atoms with van der Waals surface area (Å²) in [6.07, 6.45) is 0.832. The zero-order valence-corrected chi connectivity index (χ0v) is 11.9. The second-order valence-corrected chi connectivity index (χ2v) is 5.27. The zero-order chi connectivity index (χ0) is 13.8. The van der Waals surface area contributed by atoms with E-state index in [1.165, 1.54) is 0 Å². The van der Waals surface area contributed by atoms with Crippen LogP contribution in [0.5, 0.6) is 11.5 Å². The van der Waals surface area contributed by atoms with Crippen molar-refractivity contribution < 1.29 is 4.74 Å². The van der Waals surface area contributed by atoms with Crippen molar-refractivity contribution in [2.24, 2.45) is 5.73 Å². The number of nitrogens with two attached hydrogens (primary N) is 1. The predicted molar refractivity (Wildman–Crippen MR) is 80.1 cm³/mol. The van der Waals surface area contributed by atoms with Crippen LogP contribution in [0, 0.1) is 6.92 Å². The van der Waals surface area contributed by atoms with E-state index >= 15 is 0 Å². The lowest BCUT2D eigenvalue weighted by atomic mass is 10.1. The van der Waals surface area contributed by atoms with E-state index in [0.717, 1.165) is 23.3 Å². The van der Waals surface area contributed by atoms with Gasteiger partial charge < -0.3 is 10.5 Å². The molecule has 0 amide bonds. The van der Waals surface area contributed by atoms with Crippen molar-refractivity contribution in [1.82, 2.24) is 0 Å². The summed E-state index contributed by atoms with van der Waals surface area (Å²) in [5, 5.41) is 0.614. The first-order valence-electron chi connectivity index (χ1n) is 6.33. The van der Waals surface area contributed by atoms with Crippen LogP contribution in [0.1, 0.15) is 18.1 Å². The molecule has 2 aromatic carbocycles. The average Bonchev–Trinajstić information content (AvgIpc) is 2.33. The molecule has 2 rings (SSSR count). The molecule has 1 atom stereocenters. The molecule has 100 valence electrons. The monoisotopic (exact) mass is 275 g/mol. The maximum Gasteiger partial charge on any atom is 0.146 e. The van der Waals surface area contributed by atoms with Gasteiger partial charge in [0.05, 0.1) is 5.02 Å². The molecule has 0 spiro atoms. The van der Waals surface area contributed by atoms with Crippen molar-refractivity contribution in [1.29, 1.82) is 0 Å². The first-order valence-corrected chi connectivity index (χ1v) is 6.71. The van der Waals surface area contributed by atoms with Crippen molar-refractivity contribution >= 4 is 11.6 Å². The number of benzene rings is 2. The zero-order valence-electron chi connectivity index (χ0n) is 11.2. The number of ether oxygens (including phenoxy) is 1. The fourth-order valence-corrected chi connectivity index (χ4v) is 2.08. The third-order valence-electron chi connectivity index (χ3n) is 2.77. The highest BCUT2D eigenvalue weighted by atomic mass is 35.5. The summed E-state index contributed by atoms with van der Waals surface area (Å²) < 4.78 is 5.84. The van der Waals surface area contributed by atoms with Gasteiger partial charge in [-0.05, 0) is 55.7 Å². The molecule has 0 saturated carbocycles. The summed E-state index contributed by atoms with van der Waals surface area (Å²) in [7, 11) is 0. The van der Waals surface area contributed by atoms with Crippen LogP contribution in [0.3, 0.4) is 0 Å². The van der Waals surface area contributed by atoms with Crippen molar-refractivity contribution in [3.63, 3.8) is 0 Å². The van der Waals surface area contributed by atoms with Gasteiger partial charge in [-0.1, -0.05) is 29.8 Å². The molecule has 0 aromatic heterocycles. The Labute approximate surface area is 119 Å². The molecule has 0 aliphatic rings. The van der Waals surface area contributed by atoms with E-state index in [2.05, 4.69) is 0 Å². The summed E-state index contributed by atoms with van der Waals surface area (Å²) >= 11 is 6.13. The lowest BCUT2D eigenvalue weighted by Crippen LogP contribution is -2.17. The molecule has 1 unspecified atom stereocenters. The molecule has 0 heterocycles. The fraction of sp³-hybridized carbons (Fsp3) is 0.250. The normalized spacial score (nSPS) is 12.2. The molecule has 2 N–H and O–H groups in total. The van der Waals surface area contributed by atoms with Gasteiger partial charge in [0.1, 0.15) is 11.5 Å². The largest absolute Gasteiger partial charge is 0.456 e. The summed E-state index contributed by atoms with van der Waals surface area (Å²) in [5.41, 5.74) is 8.09. The first-order chi connectivity index (χ1) is 9.04. The van der Waals surface area contributed by atoms with Gasteiger partial charge in [0.2, 0.25) is 0 Å². The molecule has 0 aliphatic heterocycles. The standard InChI is InChI=1S/C16H18ClNO/c1-11-6-7-15(17)16(8-11)19-14-5-3-4-13(10-14)9-12(2)18/h3-8,10,12H,9,18H2,1-2H3. The Morgan fingerprint density at radius 1 is 1.21 bits per heavy atom. The van der Waals surface area contributed by atoms with E-state index < -0.39 is 0 Å². The summed E-state index contributed by atoms with van der Waals surface area (Å²) in [4.78, 5) is 0. The highest BCUT2D eigenvalue weighted by molar-refractivity contribution is 6.32. The fourth-order valence-electron chi connectivity index (χ4n) is 1.92. The molecule has 2 nitrogen and oxygen atoms in total. The van der Waals surface area contributed by atoms with E-state index in [0.29, 0.717) is 10.8 Å². The minimum absolute atomic E-state index is 0.137. The second-order valence-electron chi connectivity index (χ2n) is 4.86. The summed E-state index contributed by atoms with van der Waals surface area (Å²) in [6, 6.07) is 13.8. The van der Waals surface area contributed by atoms with E-state index in [1.54, 1.807) is 0 Å². The highest BCUT2D eigenvalue weighted by Crippen LogP contribution is 2.30. The van der Waals surface area contributed by atoms with Crippen LogP contribution in [0.2, 0.25) is 5.02 Å². The molecule has 0 aliphatic carbocycles. The first kappa shape index (κ1) is 13.9. The molecular weight excluding hydrogens is 258 g/mol. The van der Waals surface area contributed by atoms with Gasteiger partial charge in [-0.15, -0.1) is 0 Å². The smallest absolute Gasteiger partial charge is 0.146 e. The van der Waals surface area contributed by atoms with Gasteiger partial charge in [-0.25, -0.2) is 0 Å². The third kappa shape index (κ3) is 3.98. The number of aryl methyl sites for hydroxylation is 1. The number of hydrogen-bond acceptors (Lipinski definition) is 2. The molecular formula is C16H18ClNO. The van der Waals surface area contributed by atoms with Gasteiger partial charge in [0.25, 0.3) is 0 Å². The van der Waals surface area contributed by atoms with Gasteiger partial charge in [0.15, 0.2) is 0 Å². The van der Waals surface area contributed by atoms with E-state index in [4.69, 9.17) is 22.1 Å². The molecule has 0 radical (unpaired) electrons. The van der Waals surface area contributed by atoms with Gasteiger partial charge in [-0.2, -0.15) is 0 Å². The van der Waals surface area contributed by atoms with Crippen LogP contribution in [-0.2, 0) is 6.42 Å². The molecule has 0 saturated heterocycles. The molecule has 19 heavy (non-hydrogen) atoms. The van der Waals surface area contributed by atoms with Gasteiger partial charge in [-0.3, -0.25) is 0 Å². The minimum atomic E-state index is 0.137. The quantitative estimate of drug-likeness (QED) is 0.901. The lowest BCUT2D eigenvalue weighted by Gasteiger charge is -2.11. The lowest BCUT2D eigenvalue weighted by molar-refractivity contribution is 0.481. The van der Waals surface area contributed by atoms with Crippen molar-refractivity contribution in [3.8, 4) is 11.5 Å². The van der Waals surface area contributed by atoms with Crippen LogP contribution >= 0.6 is 11.6 Å².